The molecule has 1 aromatic rings. The van der Waals surface area contributed by atoms with Crippen LogP contribution in [0.5, 0.6) is 0 Å². The summed E-state index contributed by atoms with van der Waals surface area (Å²) < 4.78 is 54.6. The molecule has 0 aliphatic carbocycles. The molecule has 154 valence electrons. The van der Waals surface area contributed by atoms with E-state index in [4.69, 9.17) is 4.55 Å². The summed E-state index contributed by atoms with van der Waals surface area (Å²) in [5.74, 6) is -1.46. The van der Waals surface area contributed by atoms with Gasteiger partial charge < -0.3 is 10.0 Å². The van der Waals surface area contributed by atoms with E-state index in [9.17, 15) is 26.7 Å². The highest BCUT2D eigenvalue weighted by Crippen LogP contribution is 2.24. The summed E-state index contributed by atoms with van der Waals surface area (Å²) in [6.07, 6.45) is -0.418. The van der Waals surface area contributed by atoms with Crippen molar-refractivity contribution < 1.29 is 31.3 Å². The van der Waals surface area contributed by atoms with Crippen molar-refractivity contribution in [3.8, 4) is 0 Å². The molecular weight excluding hydrogens is 410 g/mol. The maximum atomic E-state index is 12.6. The lowest BCUT2D eigenvalue weighted by molar-refractivity contribution is -0.131. The zero-order valence-electron chi connectivity index (χ0n) is 15.4. The molecule has 2 rings (SSSR count). The fourth-order valence-corrected chi connectivity index (χ4v) is 4.06. The molecule has 3 N–H and O–H groups in total. The van der Waals surface area contributed by atoms with Crippen LogP contribution in [0.4, 0.5) is 5.69 Å². The first-order valence-corrected chi connectivity index (χ1v) is 11.6. The number of sulfone groups is 1. The molecule has 0 saturated heterocycles. The average molecular weight is 431 g/mol. The maximum Gasteiger partial charge on any atom is 0.276 e. The van der Waals surface area contributed by atoms with Crippen LogP contribution in [0, 0.1) is 0 Å². The lowest BCUT2D eigenvalue weighted by Crippen LogP contribution is -2.50. The molecule has 1 aliphatic rings. The third kappa shape index (κ3) is 4.95. The van der Waals surface area contributed by atoms with Gasteiger partial charge in [0.05, 0.1) is 10.6 Å². The van der Waals surface area contributed by atoms with E-state index in [1.54, 1.807) is 6.92 Å². The summed E-state index contributed by atoms with van der Waals surface area (Å²) in [5.41, 5.74) is 2.95. The van der Waals surface area contributed by atoms with E-state index in [-0.39, 0.29) is 28.3 Å². The number of aliphatic hydroxyl groups excluding tert-OH is 1. The molecule has 12 heteroatoms. The SMILES string of the molecule is CCN1C(=O)/C(=N/Nc2ccc(S(C)(=O)=O)cc2)C(C)=C(CS(=O)(=O)O)C1O. The molecule has 0 radical (unpaired) electrons. The minimum Gasteiger partial charge on any atom is -0.369 e. The minimum atomic E-state index is -4.44. The van der Waals surface area contributed by atoms with Crippen molar-refractivity contribution in [3.05, 3.63) is 35.4 Å². The van der Waals surface area contributed by atoms with Gasteiger partial charge in [0.25, 0.3) is 16.0 Å². The summed E-state index contributed by atoms with van der Waals surface area (Å²) in [5, 5.41) is 14.3. The molecule has 1 aliphatic heterocycles. The van der Waals surface area contributed by atoms with Gasteiger partial charge in [-0.05, 0) is 43.7 Å². The Balaban J connectivity index is 2.41. The van der Waals surface area contributed by atoms with E-state index in [2.05, 4.69) is 10.5 Å². The third-order valence-corrected chi connectivity index (χ3v) is 5.97. The fraction of sp³-hybridized carbons (Fsp3) is 0.375. The number of anilines is 1. The standard InChI is InChI=1S/C16H21N3O7S2/c1-4-19-15(20)13(9-28(24,25)26)10(2)14(16(19)21)18-17-11-5-7-12(8-6-11)27(3,22)23/h5-8,15,17,20H,4,9H2,1-3H3,(H,24,25,26)/b18-14+. The normalized spacial score (nSPS) is 20.0. The van der Waals surface area contributed by atoms with Crippen LogP contribution >= 0.6 is 0 Å². The molecule has 28 heavy (non-hydrogen) atoms. The molecule has 1 unspecified atom stereocenters. The molecular formula is C16H21N3O7S2. The zero-order valence-corrected chi connectivity index (χ0v) is 17.1. The highest BCUT2D eigenvalue weighted by Gasteiger charge is 2.37. The average Bonchev–Trinajstić information content (AvgIpc) is 2.58. The van der Waals surface area contributed by atoms with Gasteiger partial charge in [-0.3, -0.25) is 14.8 Å². The number of likely N-dealkylation sites (N-methyl/N-ethyl adjacent to an activating group) is 1. The number of amides is 1. The van der Waals surface area contributed by atoms with Crippen LogP contribution in [0.3, 0.4) is 0 Å². The number of hydrogen-bond acceptors (Lipinski definition) is 8. The second-order valence-electron chi connectivity index (χ2n) is 6.21. The van der Waals surface area contributed by atoms with E-state index >= 15 is 0 Å². The van der Waals surface area contributed by atoms with Crippen molar-refractivity contribution in [2.45, 2.75) is 25.0 Å². The van der Waals surface area contributed by atoms with Crippen LogP contribution in [0.2, 0.25) is 0 Å². The Morgan fingerprint density at radius 3 is 2.21 bits per heavy atom. The van der Waals surface area contributed by atoms with E-state index < -0.39 is 37.8 Å². The van der Waals surface area contributed by atoms with Gasteiger partial charge in [-0.1, -0.05) is 0 Å². The Bertz CT molecular complexity index is 1040. The number of nitrogens with one attached hydrogen (secondary N) is 1. The topological polar surface area (TPSA) is 153 Å². The summed E-state index contributed by atoms with van der Waals surface area (Å²) in [6.45, 7) is 3.11. The molecule has 1 amide bonds. The number of hydrogen-bond donors (Lipinski definition) is 3. The summed E-state index contributed by atoms with van der Waals surface area (Å²) in [7, 11) is -7.79. The highest BCUT2D eigenvalue weighted by molar-refractivity contribution is 7.90. The van der Waals surface area contributed by atoms with E-state index in [0.29, 0.717) is 5.69 Å². The van der Waals surface area contributed by atoms with Gasteiger partial charge in [0.2, 0.25) is 0 Å². The second kappa shape index (κ2) is 7.99. The van der Waals surface area contributed by atoms with Gasteiger partial charge in [-0.25, -0.2) is 8.42 Å². The van der Waals surface area contributed by atoms with Crippen LogP contribution < -0.4 is 5.43 Å². The molecule has 0 fully saturated rings. The number of hydrazone groups is 1. The van der Waals surface area contributed by atoms with Gasteiger partial charge in [-0.15, -0.1) is 0 Å². The molecule has 10 nitrogen and oxygen atoms in total. The quantitative estimate of drug-likeness (QED) is 0.428. The molecule has 1 heterocycles. The van der Waals surface area contributed by atoms with Gasteiger partial charge in [0.15, 0.2) is 21.8 Å². The van der Waals surface area contributed by atoms with Crippen molar-refractivity contribution in [2.24, 2.45) is 5.10 Å². The Hall–Kier alpha value is -2.28. The van der Waals surface area contributed by atoms with Crippen molar-refractivity contribution in [2.75, 3.05) is 24.0 Å². The van der Waals surface area contributed by atoms with Gasteiger partial charge in [0.1, 0.15) is 5.75 Å². The minimum absolute atomic E-state index is 0.0584. The predicted octanol–water partition coefficient (Wildman–Crippen LogP) is 0.243. The maximum absolute atomic E-state index is 12.6. The van der Waals surface area contributed by atoms with Crippen molar-refractivity contribution in [1.29, 1.82) is 0 Å². The number of aliphatic hydroxyl groups is 1. The van der Waals surface area contributed by atoms with E-state index in [1.807, 2.05) is 0 Å². The van der Waals surface area contributed by atoms with Crippen molar-refractivity contribution in [3.63, 3.8) is 0 Å². The first kappa shape index (κ1) is 22.0. The van der Waals surface area contributed by atoms with E-state index in [0.717, 1.165) is 11.2 Å². The molecule has 0 aromatic heterocycles. The Labute approximate surface area is 163 Å². The largest absolute Gasteiger partial charge is 0.369 e. The van der Waals surface area contributed by atoms with Crippen LogP contribution in [0.25, 0.3) is 0 Å². The predicted molar refractivity (Wildman–Crippen MR) is 103 cm³/mol. The van der Waals surface area contributed by atoms with Gasteiger partial charge >= 0.3 is 0 Å². The molecule has 0 saturated carbocycles. The molecule has 0 bridgehead atoms. The number of rotatable bonds is 6. The molecule has 0 spiro atoms. The number of carbonyl (C=O) groups excluding carboxylic acids is 1. The van der Waals surface area contributed by atoms with E-state index in [1.165, 1.54) is 31.2 Å². The Kier molecular flexibility index (Phi) is 6.28. The summed E-state index contributed by atoms with van der Waals surface area (Å²) in [4.78, 5) is 13.7. The zero-order chi connectivity index (χ0) is 21.3. The number of nitrogens with zero attached hydrogens (tertiary/aromatic N) is 2. The first-order valence-electron chi connectivity index (χ1n) is 8.13. The van der Waals surface area contributed by atoms with Crippen molar-refractivity contribution in [1.82, 2.24) is 4.90 Å². The lowest BCUT2D eigenvalue weighted by Gasteiger charge is -2.34. The smallest absolute Gasteiger partial charge is 0.276 e. The monoisotopic (exact) mass is 431 g/mol. The van der Waals surface area contributed by atoms with Crippen LogP contribution in [0.1, 0.15) is 13.8 Å². The van der Waals surface area contributed by atoms with Crippen molar-refractivity contribution >= 4 is 37.3 Å². The Morgan fingerprint density at radius 2 is 1.75 bits per heavy atom. The highest BCUT2D eigenvalue weighted by atomic mass is 32.2. The first-order chi connectivity index (χ1) is 12.8. The summed E-state index contributed by atoms with van der Waals surface area (Å²) in [6, 6.07) is 5.65. The second-order valence-corrected chi connectivity index (χ2v) is 9.68. The third-order valence-electron chi connectivity index (χ3n) is 4.17. The number of benzene rings is 1. The number of carbonyl (C=O) groups is 1. The summed E-state index contributed by atoms with van der Waals surface area (Å²) >= 11 is 0. The van der Waals surface area contributed by atoms with Gasteiger partial charge in [0, 0.05) is 18.4 Å². The molecule has 1 aromatic carbocycles. The fourth-order valence-electron chi connectivity index (χ4n) is 2.67. The van der Waals surface area contributed by atoms with Crippen LogP contribution in [0.15, 0.2) is 45.4 Å². The van der Waals surface area contributed by atoms with Crippen LogP contribution in [-0.2, 0) is 24.7 Å². The van der Waals surface area contributed by atoms with Gasteiger partial charge in [-0.2, -0.15) is 13.5 Å². The lowest BCUT2D eigenvalue weighted by atomic mass is 9.98. The Morgan fingerprint density at radius 1 is 1.18 bits per heavy atom. The molecule has 1 atom stereocenters. The van der Waals surface area contributed by atoms with Crippen LogP contribution in [-0.4, -0.2) is 67.8 Å².